The summed E-state index contributed by atoms with van der Waals surface area (Å²) in [5, 5.41) is 0. The van der Waals surface area contributed by atoms with Gasteiger partial charge in [-0.25, -0.2) is 0 Å². The summed E-state index contributed by atoms with van der Waals surface area (Å²) in [4.78, 5) is 37.8. The van der Waals surface area contributed by atoms with Crippen LogP contribution in [-0.2, 0) is 28.6 Å². The Morgan fingerprint density at radius 2 is 0.619 bits per heavy atom. The van der Waals surface area contributed by atoms with Crippen LogP contribution in [0.25, 0.3) is 0 Å². The Morgan fingerprint density at radius 3 is 0.968 bits per heavy atom. The molecule has 0 aromatic heterocycles. The molecule has 0 spiro atoms. The maximum atomic E-state index is 12.7. The first-order chi connectivity index (χ1) is 31.0. The topological polar surface area (TPSA) is 78.9 Å². The average molecular weight is 881 g/mol. The summed E-state index contributed by atoms with van der Waals surface area (Å²) < 4.78 is 16.7. The number of hydrogen-bond donors (Lipinski definition) is 0. The molecule has 0 radical (unpaired) electrons. The Morgan fingerprint density at radius 1 is 0.333 bits per heavy atom. The molecule has 0 rings (SSSR count). The number of hydrogen-bond acceptors (Lipinski definition) is 6. The molecule has 63 heavy (non-hydrogen) atoms. The lowest BCUT2D eigenvalue weighted by atomic mass is 10.0. The molecular formula is C57H100O6. The quantitative estimate of drug-likeness (QED) is 0.0262. The lowest BCUT2D eigenvalue weighted by Crippen LogP contribution is -2.30. The maximum Gasteiger partial charge on any atom is 0.306 e. The van der Waals surface area contributed by atoms with Crippen LogP contribution in [0.2, 0.25) is 0 Å². The van der Waals surface area contributed by atoms with Crippen LogP contribution in [0, 0.1) is 0 Å². The van der Waals surface area contributed by atoms with Gasteiger partial charge in [-0.3, -0.25) is 14.4 Å². The van der Waals surface area contributed by atoms with Crippen molar-refractivity contribution in [1.82, 2.24) is 0 Å². The normalized spacial score (nSPS) is 12.5. The highest BCUT2D eigenvalue weighted by atomic mass is 16.6. The van der Waals surface area contributed by atoms with Gasteiger partial charge < -0.3 is 14.2 Å². The zero-order chi connectivity index (χ0) is 45.8. The van der Waals surface area contributed by atoms with Crippen molar-refractivity contribution in [3.05, 3.63) is 60.8 Å². The van der Waals surface area contributed by atoms with Crippen molar-refractivity contribution in [3.8, 4) is 0 Å². The fourth-order valence-corrected chi connectivity index (χ4v) is 7.53. The van der Waals surface area contributed by atoms with E-state index in [1.807, 2.05) is 0 Å². The summed E-state index contributed by atoms with van der Waals surface area (Å²) in [6.07, 6.45) is 63.7. The lowest BCUT2D eigenvalue weighted by Gasteiger charge is -2.18. The fourth-order valence-electron chi connectivity index (χ4n) is 7.53. The zero-order valence-electron chi connectivity index (χ0n) is 41.6. The molecule has 0 heterocycles. The van der Waals surface area contributed by atoms with Gasteiger partial charge in [-0.05, 0) is 64.2 Å². The van der Waals surface area contributed by atoms with Gasteiger partial charge in [0.25, 0.3) is 0 Å². The number of unbranched alkanes of at least 4 members (excludes halogenated alkanes) is 27. The van der Waals surface area contributed by atoms with Gasteiger partial charge in [-0.15, -0.1) is 0 Å². The molecule has 0 fully saturated rings. The molecule has 1 unspecified atom stereocenters. The highest BCUT2D eigenvalue weighted by Crippen LogP contribution is 2.15. The van der Waals surface area contributed by atoms with E-state index in [0.29, 0.717) is 19.3 Å². The van der Waals surface area contributed by atoms with E-state index in [-0.39, 0.29) is 31.1 Å². The van der Waals surface area contributed by atoms with Gasteiger partial charge in [0.05, 0.1) is 0 Å². The van der Waals surface area contributed by atoms with Gasteiger partial charge in [-0.1, -0.05) is 242 Å². The van der Waals surface area contributed by atoms with E-state index >= 15 is 0 Å². The molecule has 0 amide bonds. The summed E-state index contributed by atoms with van der Waals surface area (Å²) in [7, 11) is 0. The monoisotopic (exact) mass is 881 g/mol. The average Bonchev–Trinajstić information content (AvgIpc) is 3.28. The van der Waals surface area contributed by atoms with Gasteiger partial charge >= 0.3 is 17.9 Å². The molecule has 0 aliphatic carbocycles. The smallest absolute Gasteiger partial charge is 0.306 e. The van der Waals surface area contributed by atoms with E-state index in [4.69, 9.17) is 14.2 Å². The zero-order valence-corrected chi connectivity index (χ0v) is 41.6. The number of allylic oxidation sites excluding steroid dienone is 10. The summed E-state index contributed by atoms with van der Waals surface area (Å²) in [5.74, 6) is -0.879. The third-order valence-electron chi connectivity index (χ3n) is 11.5. The number of carbonyl (C=O) groups excluding carboxylic acids is 3. The fraction of sp³-hybridized carbons (Fsp3) is 0.772. The highest BCUT2D eigenvalue weighted by molar-refractivity contribution is 5.71. The number of rotatable bonds is 48. The van der Waals surface area contributed by atoms with Crippen LogP contribution < -0.4 is 0 Å². The standard InChI is InChI=1S/C57H100O6/c1-4-7-10-13-16-18-20-22-23-24-25-26-27-28-29-30-31-32-33-35-36-38-41-44-47-50-56(59)62-53-54(52-61-55(58)49-46-43-40-15-12-9-6-3)63-57(60)51-48-45-42-39-37-34-21-19-17-14-11-8-5-2/h7,10,16,18,22-23,25-26,28-29,54H,4-6,8-9,11-15,17,19-21,24,27,30-53H2,1-3H3/b10-7-,18-16-,23-22-,26-25-,29-28-. The molecule has 0 saturated carbocycles. The molecule has 6 nitrogen and oxygen atoms in total. The minimum absolute atomic E-state index is 0.0731. The first-order valence-corrected chi connectivity index (χ1v) is 26.8. The van der Waals surface area contributed by atoms with Crippen molar-refractivity contribution in [3.63, 3.8) is 0 Å². The minimum atomic E-state index is -0.770. The molecular weight excluding hydrogens is 781 g/mol. The number of ether oxygens (including phenoxy) is 3. The first-order valence-electron chi connectivity index (χ1n) is 26.8. The third-order valence-corrected chi connectivity index (χ3v) is 11.5. The summed E-state index contributed by atoms with van der Waals surface area (Å²) in [6, 6.07) is 0. The molecule has 0 aromatic rings. The van der Waals surface area contributed by atoms with Crippen LogP contribution in [0.15, 0.2) is 60.8 Å². The van der Waals surface area contributed by atoms with Crippen molar-refractivity contribution in [2.24, 2.45) is 0 Å². The van der Waals surface area contributed by atoms with Gasteiger partial charge in [0.15, 0.2) is 6.10 Å². The van der Waals surface area contributed by atoms with E-state index in [2.05, 4.69) is 81.5 Å². The Bertz CT molecular complexity index is 1150. The van der Waals surface area contributed by atoms with Crippen LogP contribution in [0.5, 0.6) is 0 Å². The molecule has 6 heteroatoms. The van der Waals surface area contributed by atoms with Gasteiger partial charge in [-0.2, -0.15) is 0 Å². The van der Waals surface area contributed by atoms with Crippen LogP contribution in [0.3, 0.4) is 0 Å². The van der Waals surface area contributed by atoms with Crippen molar-refractivity contribution in [2.75, 3.05) is 13.2 Å². The second kappa shape index (κ2) is 51.7. The second-order valence-corrected chi connectivity index (χ2v) is 17.8. The van der Waals surface area contributed by atoms with E-state index in [1.165, 1.54) is 128 Å². The van der Waals surface area contributed by atoms with E-state index in [1.54, 1.807) is 0 Å². The predicted octanol–water partition coefficient (Wildman–Crippen LogP) is 17.6. The van der Waals surface area contributed by atoms with Crippen LogP contribution in [0.1, 0.15) is 265 Å². The van der Waals surface area contributed by atoms with Crippen LogP contribution in [-0.4, -0.2) is 37.2 Å². The Hall–Kier alpha value is -2.89. The molecule has 364 valence electrons. The Labute approximate surface area is 390 Å². The van der Waals surface area contributed by atoms with Gasteiger partial charge in [0.1, 0.15) is 13.2 Å². The third kappa shape index (κ3) is 50.0. The largest absolute Gasteiger partial charge is 0.462 e. The van der Waals surface area contributed by atoms with Crippen LogP contribution >= 0.6 is 0 Å². The summed E-state index contributed by atoms with van der Waals surface area (Å²) in [6.45, 7) is 6.49. The Kier molecular flexibility index (Phi) is 49.4. The summed E-state index contributed by atoms with van der Waals surface area (Å²) in [5.41, 5.74) is 0. The Balaban J connectivity index is 4.16. The highest BCUT2D eigenvalue weighted by Gasteiger charge is 2.19. The molecule has 0 N–H and O–H groups in total. The lowest BCUT2D eigenvalue weighted by molar-refractivity contribution is -0.167. The summed E-state index contributed by atoms with van der Waals surface area (Å²) >= 11 is 0. The van der Waals surface area contributed by atoms with E-state index in [9.17, 15) is 14.4 Å². The number of carbonyl (C=O) groups is 3. The van der Waals surface area contributed by atoms with Crippen LogP contribution in [0.4, 0.5) is 0 Å². The molecule has 1 atom stereocenters. The molecule has 0 saturated heterocycles. The minimum Gasteiger partial charge on any atom is -0.462 e. The van der Waals surface area contributed by atoms with Crippen molar-refractivity contribution >= 4 is 17.9 Å². The van der Waals surface area contributed by atoms with Crippen molar-refractivity contribution < 1.29 is 28.6 Å². The van der Waals surface area contributed by atoms with Crippen molar-refractivity contribution in [2.45, 2.75) is 271 Å². The molecule has 0 aromatic carbocycles. The first kappa shape index (κ1) is 60.1. The predicted molar refractivity (Wildman–Crippen MR) is 270 cm³/mol. The second-order valence-electron chi connectivity index (χ2n) is 17.8. The molecule has 0 aliphatic heterocycles. The van der Waals surface area contributed by atoms with E-state index < -0.39 is 6.10 Å². The maximum absolute atomic E-state index is 12.7. The van der Waals surface area contributed by atoms with Gasteiger partial charge in [0, 0.05) is 19.3 Å². The SMILES string of the molecule is CC/C=C\C/C=C\C/C=C\C/C=C\C/C=C\CCCCCCCCCCCC(=O)OCC(COC(=O)CCCCCCCCC)OC(=O)CCCCCCCCCCCCCCC. The van der Waals surface area contributed by atoms with Gasteiger partial charge in [0.2, 0.25) is 0 Å². The number of esters is 3. The molecule has 0 aliphatic rings. The van der Waals surface area contributed by atoms with E-state index in [0.717, 1.165) is 96.3 Å². The molecule has 0 bridgehead atoms. The van der Waals surface area contributed by atoms with Crippen molar-refractivity contribution in [1.29, 1.82) is 0 Å².